The summed E-state index contributed by atoms with van der Waals surface area (Å²) in [4.78, 5) is 5.65. The minimum Gasteiger partial charge on any atom is -0.391 e. The Morgan fingerprint density at radius 3 is 2.28 bits per heavy atom. The van der Waals surface area contributed by atoms with Gasteiger partial charge in [-0.15, -0.1) is 11.8 Å². The summed E-state index contributed by atoms with van der Waals surface area (Å²) in [6.45, 7) is 4.27. The predicted molar refractivity (Wildman–Crippen MR) is 103 cm³/mol. The van der Waals surface area contributed by atoms with E-state index in [1.54, 1.807) is 11.8 Å². The normalized spacial score (nSPS) is 16.8. The minimum absolute atomic E-state index is 0.205. The van der Waals surface area contributed by atoms with Crippen LogP contribution in [0.2, 0.25) is 5.02 Å². The first-order chi connectivity index (χ1) is 12.1. The van der Waals surface area contributed by atoms with Crippen molar-refractivity contribution in [2.75, 3.05) is 43.4 Å². The smallest absolute Gasteiger partial charge is 0.123 e. The topological polar surface area (TPSA) is 26.7 Å². The first-order valence-electron chi connectivity index (χ1n) is 8.39. The van der Waals surface area contributed by atoms with Gasteiger partial charge in [-0.1, -0.05) is 11.6 Å². The highest BCUT2D eigenvalue weighted by atomic mass is 35.5. The predicted octanol–water partition coefficient (Wildman–Crippen LogP) is 3.75. The zero-order valence-corrected chi connectivity index (χ0v) is 15.5. The fourth-order valence-electron chi connectivity index (χ4n) is 2.91. The van der Waals surface area contributed by atoms with Crippen LogP contribution in [0.25, 0.3) is 0 Å². The third kappa shape index (κ3) is 5.61. The first-order valence-corrected chi connectivity index (χ1v) is 9.76. The van der Waals surface area contributed by atoms with E-state index in [9.17, 15) is 9.50 Å². The van der Waals surface area contributed by atoms with Crippen LogP contribution in [-0.4, -0.2) is 54.6 Å². The van der Waals surface area contributed by atoms with E-state index in [2.05, 4.69) is 9.80 Å². The van der Waals surface area contributed by atoms with Crippen molar-refractivity contribution in [1.29, 1.82) is 0 Å². The number of β-amino-alcohol motifs (C(OH)–C–C–N with tert-alkyl or cyclic N) is 1. The Bertz CT molecular complexity index is 660. The van der Waals surface area contributed by atoms with Crippen LogP contribution in [0.4, 0.5) is 10.1 Å². The molecule has 0 aromatic heterocycles. The molecule has 0 radical (unpaired) electrons. The summed E-state index contributed by atoms with van der Waals surface area (Å²) in [6.07, 6.45) is -0.363. The van der Waals surface area contributed by atoms with Crippen LogP contribution in [0, 0.1) is 5.82 Å². The molecule has 0 amide bonds. The number of halogens is 2. The zero-order valence-electron chi connectivity index (χ0n) is 13.9. The molecule has 25 heavy (non-hydrogen) atoms. The second-order valence-electron chi connectivity index (χ2n) is 6.18. The summed E-state index contributed by atoms with van der Waals surface area (Å²) < 4.78 is 13.0. The van der Waals surface area contributed by atoms with Crippen molar-refractivity contribution in [2.45, 2.75) is 11.0 Å². The van der Waals surface area contributed by atoms with Crippen molar-refractivity contribution in [3.05, 3.63) is 59.4 Å². The Morgan fingerprint density at radius 2 is 1.64 bits per heavy atom. The van der Waals surface area contributed by atoms with Gasteiger partial charge in [-0.25, -0.2) is 4.39 Å². The van der Waals surface area contributed by atoms with Crippen LogP contribution in [0.15, 0.2) is 53.4 Å². The second kappa shape index (κ2) is 8.90. The third-order valence-electron chi connectivity index (χ3n) is 4.29. The van der Waals surface area contributed by atoms with Gasteiger partial charge >= 0.3 is 0 Å². The molecule has 1 N–H and O–H groups in total. The average molecular weight is 381 g/mol. The molecule has 3 nitrogen and oxygen atoms in total. The molecule has 1 saturated heterocycles. The molecule has 0 bridgehead atoms. The molecule has 2 aromatic rings. The van der Waals surface area contributed by atoms with Gasteiger partial charge in [0.15, 0.2) is 0 Å². The molecule has 134 valence electrons. The van der Waals surface area contributed by atoms with Crippen molar-refractivity contribution in [3.8, 4) is 0 Å². The van der Waals surface area contributed by atoms with Crippen molar-refractivity contribution >= 4 is 29.1 Å². The maximum absolute atomic E-state index is 13.0. The highest BCUT2D eigenvalue weighted by Gasteiger charge is 2.19. The van der Waals surface area contributed by atoms with Crippen LogP contribution in [0.1, 0.15) is 0 Å². The molecule has 1 atom stereocenters. The van der Waals surface area contributed by atoms with Crippen LogP contribution >= 0.6 is 23.4 Å². The molecule has 2 aromatic carbocycles. The molecule has 1 aliphatic heterocycles. The number of piperazine rings is 1. The molecule has 1 fully saturated rings. The number of benzene rings is 2. The van der Waals surface area contributed by atoms with Gasteiger partial charge in [0, 0.05) is 54.1 Å². The summed E-state index contributed by atoms with van der Waals surface area (Å²) in [5.74, 6) is 0.462. The standard InChI is InChI=1S/C19H22ClFN2OS/c20-15-1-7-19(8-2-15)25-14-18(24)13-22-9-11-23(12-10-22)17-5-3-16(21)4-6-17/h1-8,18,24H,9-14H2/t18-/m0/s1. The van der Waals surface area contributed by atoms with Crippen molar-refractivity contribution in [1.82, 2.24) is 4.90 Å². The van der Waals surface area contributed by atoms with Crippen LogP contribution < -0.4 is 4.90 Å². The minimum atomic E-state index is -0.363. The maximum atomic E-state index is 13.0. The molecular formula is C19H22ClFN2OS. The van der Waals surface area contributed by atoms with Gasteiger partial charge in [0.25, 0.3) is 0 Å². The molecule has 0 aliphatic carbocycles. The van der Waals surface area contributed by atoms with Crippen LogP contribution in [0.3, 0.4) is 0 Å². The summed E-state index contributed by atoms with van der Waals surface area (Å²) in [5.41, 5.74) is 1.06. The van der Waals surface area contributed by atoms with Crippen molar-refractivity contribution in [3.63, 3.8) is 0 Å². The van der Waals surface area contributed by atoms with Gasteiger partial charge in [-0.2, -0.15) is 0 Å². The van der Waals surface area contributed by atoms with Gasteiger partial charge in [-0.05, 0) is 48.5 Å². The maximum Gasteiger partial charge on any atom is 0.123 e. The van der Waals surface area contributed by atoms with E-state index in [0.29, 0.717) is 12.3 Å². The van der Waals surface area contributed by atoms with Gasteiger partial charge in [-0.3, -0.25) is 4.90 Å². The molecular weight excluding hydrogens is 359 g/mol. The lowest BCUT2D eigenvalue weighted by atomic mass is 10.2. The molecule has 6 heteroatoms. The summed E-state index contributed by atoms with van der Waals surface area (Å²) >= 11 is 7.52. The van der Waals surface area contributed by atoms with Crippen molar-refractivity contribution in [2.24, 2.45) is 0 Å². The zero-order chi connectivity index (χ0) is 17.6. The highest BCUT2D eigenvalue weighted by Crippen LogP contribution is 2.22. The molecule has 0 saturated carbocycles. The largest absolute Gasteiger partial charge is 0.391 e. The monoisotopic (exact) mass is 380 g/mol. The van der Waals surface area contributed by atoms with Gasteiger partial charge in [0.05, 0.1) is 6.10 Å². The Balaban J connectivity index is 1.40. The second-order valence-corrected chi connectivity index (χ2v) is 7.71. The molecule has 0 unspecified atom stereocenters. The SMILES string of the molecule is O[C@H](CSc1ccc(Cl)cc1)CN1CCN(c2ccc(F)cc2)CC1. The summed E-state index contributed by atoms with van der Waals surface area (Å²) in [7, 11) is 0. The number of hydrogen-bond acceptors (Lipinski definition) is 4. The Hall–Kier alpha value is -1.27. The van der Waals surface area contributed by atoms with Crippen molar-refractivity contribution < 1.29 is 9.50 Å². The lowest BCUT2D eigenvalue weighted by molar-refractivity contribution is 0.126. The number of aliphatic hydroxyl groups is 1. The third-order valence-corrected chi connectivity index (χ3v) is 5.70. The van der Waals surface area contributed by atoms with E-state index in [1.807, 2.05) is 36.4 Å². The number of nitrogens with zero attached hydrogens (tertiary/aromatic N) is 2. The van der Waals surface area contributed by atoms with Gasteiger partial charge in [0.1, 0.15) is 5.82 Å². The summed E-state index contributed by atoms with van der Waals surface area (Å²) in [6, 6.07) is 14.3. The van der Waals surface area contributed by atoms with E-state index < -0.39 is 0 Å². The van der Waals surface area contributed by atoms with E-state index in [-0.39, 0.29) is 11.9 Å². The highest BCUT2D eigenvalue weighted by molar-refractivity contribution is 7.99. The van der Waals surface area contributed by atoms with E-state index >= 15 is 0 Å². The van der Waals surface area contributed by atoms with Crippen LogP contribution in [-0.2, 0) is 0 Å². The summed E-state index contributed by atoms with van der Waals surface area (Å²) in [5, 5.41) is 11.0. The Morgan fingerprint density at radius 1 is 1.00 bits per heavy atom. The van der Waals surface area contributed by atoms with E-state index in [0.717, 1.165) is 41.8 Å². The molecule has 1 aliphatic rings. The average Bonchev–Trinajstić information content (AvgIpc) is 2.63. The fourth-order valence-corrected chi connectivity index (χ4v) is 3.86. The number of anilines is 1. The van der Waals surface area contributed by atoms with Gasteiger partial charge in [0.2, 0.25) is 0 Å². The lowest BCUT2D eigenvalue weighted by Gasteiger charge is -2.36. The van der Waals surface area contributed by atoms with E-state index in [1.165, 1.54) is 12.1 Å². The first kappa shape index (κ1) is 18.5. The Kier molecular flexibility index (Phi) is 6.59. The molecule has 3 rings (SSSR count). The number of aliphatic hydroxyl groups excluding tert-OH is 1. The van der Waals surface area contributed by atoms with Gasteiger partial charge < -0.3 is 10.0 Å². The lowest BCUT2D eigenvalue weighted by Crippen LogP contribution is -2.48. The van der Waals surface area contributed by atoms with E-state index in [4.69, 9.17) is 11.6 Å². The van der Waals surface area contributed by atoms with Crippen LogP contribution in [0.5, 0.6) is 0 Å². The molecule has 1 heterocycles. The number of thioether (sulfide) groups is 1. The Labute approximate surface area is 157 Å². The quantitative estimate of drug-likeness (QED) is 0.772. The number of hydrogen-bond donors (Lipinski definition) is 1. The number of rotatable bonds is 6. The fraction of sp³-hybridized carbons (Fsp3) is 0.368. The molecule has 0 spiro atoms.